The molecule has 1 N–H and O–H groups in total. The molecule has 0 heterocycles. The summed E-state index contributed by atoms with van der Waals surface area (Å²) in [7, 11) is -2.82. The lowest BCUT2D eigenvalue weighted by molar-refractivity contribution is -0.139. The summed E-state index contributed by atoms with van der Waals surface area (Å²) in [5.74, 6) is -0.606. The second kappa shape index (κ2) is 13.7. The Balaban J connectivity index is 1.73. The van der Waals surface area contributed by atoms with Crippen LogP contribution in [0.4, 0.5) is 5.69 Å². The predicted octanol–water partition coefficient (Wildman–Crippen LogP) is 5.78. The van der Waals surface area contributed by atoms with Gasteiger partial charge in [-0.3, -0.25) is 13.9 Å². The van der Waals surface area contributed by atoms with Crippen molar-refractivity contribution in [3.8, 4) is 5.75 Å². The van der Waals surface area contributed by atoms with E-state index in [1.807, 2.05) is 24.3 Å². The fourth-order valence-electron chi connectivity index (χ4n) is 4.90. The molecule has 2 amide bonds. The molecule has 4 rings (SSSR count). The molecular weight excluding hydrogens is 630 g/mol. The Morgan fingerprint density at radius 2 is 1.76 bits per heavy atom. The predicted molar refractivity (Wildman–Crippen MR) is 164 cm³/mol. The molecule has 218 valence electrons. The highest BCUT2D eigenvalue weighted by Gasteiger charge is 2.34. The Morgan fingerprint density at radius 1 is 1.05 bits per heavy atom. The lowest BCUT2D eigenvalue weighted by Gasteiger charge is -2.33. The third-order valence-corrected chi connectivity index (χ3v) is 9.63. The summed E-state index contributed by atoms with van der Waals surface area (Å²) in [6.45, 7) is 1.18. The van der Waals surface area contributed by atoms with Gasteiger partial charge in [-0.1, -0.05) is 70.7 Å². The van der Waals surface area contributed by atoms with Crippen molar-refractivity contribution in [3.05, 3.63) is 87.9 Å². The Kier molecular flexibility index (Phi) is 10.3. The maximum atomic E-state index is 14.1. The highest BCUT2D eigenvalue weighted by atomic mass is 79.9. The zero-order chi connectivity index (χ0) is 29.6. The number of amides is 2. The number of ether oxygens (including phenoxy) is 1. The Bertz CT molecular complexity index is 1480. The first-order chi connectivity index (χ1) is 19.6. The number of rotatable bonds is 11. The number of hydrogen-bond donors (Lipinski definition) is 1. The molecule has 11 heteroatoms. The minimum atomic E-state index is -4.24. The fraction of sp³-hybridized carbons (Fsp3) is 0.333. The summed E-state index contributed by atoms with van der Waals surface area (Å²) in [5.41, 5.74) is 0.897. The van der Waals surface area contributed by atoms with E-state index in [0.717, 1.165) is 40.0 Å². The molecule has 1 saturated carbocycles. The van der Waals surface area contributed by atoms with Crippen molar-refractivity contribution in [2.45, 2.75) is 56.1 Å². The number of nitrogens with zero attached hydrogens (tertiary/aromatic N) is 2. The van der Waals surface area contributed by atoms with E-state index < -0.39 is 28.5 Å². The third kappa shape index (κ3) is 7.61. The van der Waals surface area contributed by atoms with Crippen LogP contribution >= 0.6 is 27.5 Å². The minimum Gasteiger partial charge on any atom is -0.495 e. The van der Waals surface area contributed by atoms with Gasteiger partial charge in [0, 0.05) is 22.1 Å². The Labute approximate surface area is 254 Å². The summed E-state index contributed by atoms with van der Waals surface area (Å²) in [5, 5.41) is 3.34. The van der Waals surface area contributed by atoms with E-state index in [1.54, 1.807) is 37.3 Å². The number of nitrogens with one attached hydrogen (secondary N) is 1. The summed E-state index contributed by atoms with van der Waals surface area (Å²) < 4.78 is 35.2. The van der Waals surface area contributed by atoms with Gasteiger partial charge in [-0.2, -0.15) is 0 Å². The van der Waals surface area contributed by atoms with E-state index in [1.165, 1.54) is 30.2 Å². The maximum Gasteiger partial charge on any atom is 0.264 e. The number of hydrogen-bond acceptors (Lipinski definition) is 5. The van der Waals surface area contributed by atoms with E-state index in [9.17, 15) is 18.0 Å². The number of methoxy groups -OCH3 is 1. The molecule has 0 spiro atoms. The van der Waals surface area contributed by atoms with Crippen LogP contribution in [0.15, 0.2) is 82.2 Å². The molecule has 8 nitrogen and oxygen atoms in total. The maximum absolute atomic E-state index is 14.1. The molecule has 0 radical (unpaired) electrons. The van der Waals surface area contributed by atoms with Crippen molar-refractivity contribution >= 4 is 55.1 Å². The first kappa shape index (κ1) is 30.9. The molecule has 0 unspecified atom stereocenters. The van der Waals surface area contributed by atoms with E-state index in [4.69, 9.17) is 16.3 Å². The molecule has 0 aliphatic heterocycles. The van der Waals surface area contributed by atoms with Gasteiger partial charge in [-0.25, -0.2) is 8.42 Å². The van der Waals surface area contributed by atoms with Gasteiger partial charge in [0.25, 0.3) is 10.0 Å². The van der Waals surface area contributed by atoms with Gasteiger partial charge in [0.15, 0.2) is 0 Å². The van der Waals surface area contributed by atoms with Crippen molar-refractivity contribution in [1.82, 2.24) is 10.2 Å². The van der Waals surface area contributed by atoms with E-state index in [2.05, 4.69) is 21.2 Å². The largest absolute Gasteiger partial charge is 0.495 e. The zero-order valence-corrected chi connectivity index (χ0v) is 26.1. The summed E-state index contributed by atoms with van der Waals surface area (Å²) >= 11 is 9.74. The van der Waals surface area contributed by atoms with Gasteiger partial charge in [0.05, 0.1) is 17.7 Å². The van der Waals surface area contributed by atoms with Crippen LogP contribution in [0.2, 0.25) is 5.02 Å². The van der Waals surface area contributed by atoms with Crippen molar-refractivity contribution < 1.29 is 22.7 Å². The number of halogens is 2. The van der Waals surface area contributed by atoms with E-state index in [0.29, 0.717) is 0 Å². The van der Waals surface area contributed by atoms with Crippen LogP contribution in [0.5, 0.6) is 5.75 Å². The summed E-state index contributed by atoms with van der Waals surface area (Å²) in [4.78, 5) is 28.9. The van der Waals surface area contributed by atoms with Crippen LogP contribution in [0.1, 0.15) is 38.2 Å². The molecule has 41 heavy (non-hydrogen) atoms. The van der Waals surface area contributed by atoms with Crippen molar-refractivity contribution in [1.29, 1.82) is 0 Å². The first-order valence-corrected chi connectivity index (χ1v) is 16.0. The number of benzene rings is 3. The molecule has 0 bridgehead atoms. The van der Waals surface area contributed by atoms with Gasteiger partial charge in [0.2, 0.25) is 11.8 Å². The topological polar surface area (TPSA) is 96.0 Å². The first-order valence-electron chi connectivity index (χ1n) is 13.4. The van der Waals surface area contributed by atoms with E-state index in [-0.39, 0.29) is 39.8 Å². The second-order valence-electron chi connectivity index (χ2n) is 9.96. The Hall–Kier alpha value is -3.08. The lowest BCUT2D eigenvalue weighted by Crippen LogP contribution is -2.52. The standard InChI is InChI=1S/C30H33BrClN3O5S/c1-21(30(37)33-25-11-6-7-12-25)34(19-22-9-8-10-23(31)17-22)29(36)20-35(27-18-24(32)15-16-28(27)40-2)41(38,39)26-13-4-3-5-14-26/h3-5,8-10,13-18,21,25H,6-7,11-12,19-20H2,1-2H3,(H,33,37)/t21-/m1/s1. The molecule has 0 saturated heterocycles. The second-order valence-corrected chi connectivity index (χ2v) is 13.2. The van der Waals surface area contributed by atoms with Gasteiger partial charge >= 0.3 is 0 Å². The van der Waals surface area contributed by atoms with Gasteiger partial charge in [-0.05, 0) is 67.8 Å². The van der Waals surface area contributed by atoms with Crippen LogP contribution in [0.3, 0.4) is 0 Å². The lowest BCUT2D eigenvalue weighted by atomic mass is 10.1. The highest BCUT2D eigenvalue weighted by molar-refractivity contribution is 9.10. The molecule has 1 fully saturated rings. The number of carbonyl (C=O) groups is 2. The molecule has 1 atom stereocenters. The van der Waals surface area contributed by atoms with Crippen LogP contribution in [-0.2, 0) is 26.2 Å². The molecule has 1 aliphatic carbocycles. The minimum absolute atomic E-state index is 0.000364. The fourth-order valence-corrected chi connectivity index (χ4v) is 6.95. The summed E-state index contributed by atoms with van der Waals surface area (Å²) in [6.07, 6.45) is 3.90. The van der Waals surface area contributed by atoms with Gasteiger partial charge in [0.1, 0.15) is 18.3 Å². The smallest absolute Gasteiger partial charge is 0.264 e. The number of carbonyl (C=O) groups excluding carboxylic acids is 2. The highest BCUT2D eigenvalue weighted by Crippen LogP contribution is 2.35. The zero-order valence-electron chi connectivity index (χ0n) is 22.9. The molecule has 3 aromatic carbocycles. The SMILES string of the molecule is COc1ccc(Cl)cc1N(CC(=O)N(Cc1cccc(Br)c1)[C@H](C)C(=O)NC1CCCC1)S(=O)(=O)c1ccccc1. The average molecular weight is 663 g/mol. The van der Waals surface area contributed by atoms with Crippen LogP contribution < -0.4 is 14.4 Å². The van der Waals surface area contributed by atoms with Crippen LogP contribution in [0, 0.1) is 0 Å². The molecular formula is C30H33BrClN3O5S. The molecule has 1 aliphatic rings. The average Bonchev–Trinajstić information content (AvgIpc) is 3.47. The molecule has 3 aromatic rings. The summed E-state index contributed by atoms with van der Waals surface area (Å²) in [6, 6.07) is 19.0. The molecule has 0 aromatic heterocycles. The van der Waals surface area contributed by atoms with Gasteiger partial charge < -0.3 is 15.0 Å². The van der Waals surface area contributed by atoms with E-state index >= 15 is 0 Å². The van der Waals surface area contributed by atoms with Crippen LogP contribution in [-0.4, -0.2) is 50.9 Å². The normalized spacial score (nSPS) is 14.3. The number of anilines is 1. The van der Waals surface area contributed by atoms with Crippen molar-refractivity contribution in [2.75, 3.05) is 18.0 Å². The third-order valence-electron chi connectivity index (χ3n) is 7.13. The quantitative estimate of drug-likeness (QED) is 0.281. The van der Waals surface area contributed by atoms with Crippen LogP contribution in [0.25, 0.3) is 0 Å². The Morgan fingerprint density at radius 3 is 2.41 bits per heavy atom. The monoisotopic (exact) mass is 661 g/mol. The van der Waals surface area contributed by atoms with Gasteiger partial charge in [-0.15, -0.1) is 0 Å². The van der Waals surface area contributed by atoms with Crippen molar-refractivity contribution in [2.24, 2.45) is 0 Å². The van der Waals surface area contributed by atoms with Crippen molar-refractivity contribution in [3.63, 3.8) is 0 Å². The number of sulfonamides is 1.